The molecule has 0 amide bonds. The van der Waals surface area contributed by atoms with Crippen LogP contribution < -0.4 is 71.9 Å². The summed E-state index contributed by atoms with van der Waals surface area (Å²) in [5.74, 6) is 0.416. The number of hydrogen-bond donors (Lipinski definition) is 0. The van der Waals surface area contributed by atoms with Gasteiger partial charge in [-0.3, -0.25) is 0 Å². The second-order valence-corrected chi connectivity index (χ2v) is 7.73. The Morgan fingerprint density at radius 3 is 1.58 bits per heavy atom. The first kappa shape index (κ1) is 22.8. The Hall–Kier alpha value is 0.473. The first-order valence-corrected chi connectivity index (χ1v) is 9.46. The summed E-state index contributed by atoms with van der Waals surface area (Å²) in [6.45, 7) is 0. The molecule has 0 aromatic heterocycles. The van der Waals surface area contributed by atoms with Crippen LogP contribution in [-0.4, -0.2) is 0 Å². The van der Waals surface area contributed by atoms with E-state index in [4.69, 9.17) is 0 Å². The number of rotatable bonds is 1. The van der Waals surface area contributed by atoms with Crippen molar-refractivity contribution in [3.8, 4) is 11.1 Å². The van der Waals surface area contributed by atoms with Gasteiger partial charge in [-0.1, -0.05) is 0 Å². The molecule has 0 N–H and O–H groups in total. The van der Waals surface area contributed by atoms with Gasteiger partial charge in [0.25, 0.3) is 0 Å². The van der Waals surface area contributed by atoms with Crippen LogP contribution in [0.25, 0.3) is 17.2 Å². The van der Waals surface area contributed by atoms with E-state index in [0.29, 0.717) is 9.54 Å². The fourth-order valence-electron chi connectivity index (χ4n) is 4.11. The molecule has 3 aromatic rings. The van der Waals surface area contributed by atoms with Crippen LogP contribution >= 0.6 is 0 Å². The summed E-state index contributed by atoms with van der Waals surface area (Å²) in [6, 6.07) is 26.7. The average molecular weight is 751 g/mol. The first-order chi connectivity index (χ1) is 11.3. The Bertz CT molecular complexity index is 919. The predicted octanol–water partition coefficient (Wildman–Crippen LogP) is -3.50. The summed E-state index contributed by atoms with van der Waals surface area (Å²) >= 11 is 1.58. The fraction of sp³-hybridized carbons (Fsp3) is 0.0909. The third-order valence-electron chi connectivity index (χ3n) is 5.13. The van der Waals surface area contributed by atoms with E-state index in [1.165, 1.54) is 33.4 Å². The van der Waals surface area contributed by atoms with Gasteiger partial charge in [0, 0.05) is 0 Å². The Labute approximate surface area is 221 Å². The first-order valence-electron chi connectivity index (χ1n) is 8.04. The fourth-order valence-corrected chi connectivity index (χ4v) is 5.37. The second kappa shape index (κ2) is 9.31. The van der Waals surface area contributed by atoms with Gasteiger partial charge in [0.05, 0.1) is 0 Å². The molecule has 4 heteroatoms. The molecular weight excluding hydrogens is 736 g/mol. The van der Waals surface area contributed by atoms with Crippen LogP contribution in [0.5, 0.6) is 0 Å². The van der Waals surface area contributed by atoms with Crippen LogP contribution in [0, 0.1) is 0 Å². The summed E-state index contributed by atoms with van der Waals surface area (Å²) in [5, 5.41) is 0. The number of benzene rings is 3. The molecule has 0 radical (unpaired) electrons. The normalized spacial score (nSPS) is 16.2. The summed E-state index contributed by atoms with van der Waals surface area (Å²) < 4.78 is 0.572. The quantitative estimate of drug-likeness (QED) is 0.227. The zero-order valence-electron chi connectivity index (χ0n) is 13.8. The van der Waals surface area contributed by atoms with Gasteiger partial charge in [0.1, 0.15) is 0 Å². The van der Waals surface area contributed by atoms with Crippen molar-refractivity contribution in [1.29, 1.82) is 0 Å². The molecule has 0 aliphatic heterocycles. The van der Waals surface area contributed by atoms with Gasteiger partial charge >= 0.3 is 152 Å². The van der Waals surface area contributed by atoms with E-state index in [1.807, 2.05) is 0 Å². The van der Waals surface area contributed by atoms with E-state index in [-0.39, 0.29) is 71.9 Å². The van der Waals surface area contributed by atoms with E-state index >= 15 is 0 Å². The summed E-state index contributed by atoms with van der Waals surface area (Å²) in [7, 11) is 0. The summed E-state index contributed by atoms with van der Waals surface area (Å²) in [4.78, 5) is 0. The van der Waals surface area contributed by atoms with E-state index in [0.717, 1.165) is 0 Å². The van der Waals surface area contributed by atoms with Gasteiger partial charge in [-0.2, -0.15) is 0 Å². The minimum absolute atomic E-state index is 0. The van der Waals surface area contributed by atoms with Crippen molar-refractivity contribution in [2.45, 2.75) is 9.54 Å². The zero-order valence-corrected chi connectivity index (χ0v) is 22.7. The molecule has 2 aliphatic carbocycles. The topological polar surface area (TPSA) is 0 Å². The second-order valence-electron chi connectivity index (χ2n) is 6.31. The molecule has 2 aliphatic rings. The van der Waals surface area contributed by atoms with Crippen molar-refractivity contribution in [2.75, 3.05) is 0 Å². The van der Waals surface area contributed by atoms with Crippen LogP contribution in [0.3, 0.4) is 0 Å². The Morgan fingerprint density at radius 2 is 1.04 bits per heavy atom. The molecule has 0 nitrogen and oxygen atoms in total. The molecule has 3 aromatic carbocycles. The Kier molecular flexibility index (Phi) is 8.15. The van der Waals surface area contributed by atoms with Crippen LogP contribution in [0.4, 0.5) is 0 Å². The van der Waals surface area contributed by atoms with E-state index in [1.54, 1.807) is 30.3 Å². The molecule has 5 rings (SSSR count). The molecule has 1 atom stereocenters. The molecule has 0 fully saturated rings. The summed E-state index contributed by atoms with van der Waals surface area (Å²) in [5.41, 5.74) is 10.2. The zero-order chi connectivity index (χ0) is 15.4. The number of fused-ring (bicyclic) bond motifs is 4. The van der Waals surface area contributed by atoms with Crippen molar-refractivity contribution < 1.29 is 96.6 Å². The van der Waals surface area contributed by atoms with Crippen LogP contribution in [0.2, 0.25) is 0 Å². The standard InChI is InChI=1S/C22H15.3HI.Zr/c1-2-8-16-14-17(13-15(16)7-1)22-20-11-5-3-9-18(20)19-10-4-6-12-21(19)22;;;;/h1-14,22H;3*1H;/q;;;;+3/p-3. The van der Waals surface area contributed by atoms with Crippen molar-refractivity contribution >= 4 is 6.08 Å². The van der Waals surface area contributed by atoms with Gasteiger partial charge in [-0.15, -0.1) is 0 Å². The number of allylic oxidation sites excluding steroid dienone is 1. The Morgan fingerprint density at radius 1 is 0.577 bits per heavy atom. The predicted molar refractivity (Wildman–Crippen MR) is 90.9 cm³/mol. The number of hydrogen-bond acceptors (Lipinski definition) is 0. The minimum atomic E-state index is 0. The molecule has 128 valence electrons. The molecule has 0 saturated carbocycles. The maximum atomic E-state index is 2.44. The van der Waals surface area contributed by atoms with Gasteiger partial charge in [-0.05, 0) is 0 Å². The van der Waals surface area contributed by atoms with Crippen molar-refractivity contribution in [3.63, 3.8) is 0 Å². The maximum absolute atomic E-state index is 2.44. The average Bonchev–Trinajstić information content (AvgIpc) is 3.11. The third kappa shape index (κ3) is 3.57. The molecular formula is C22H15I3Zr. The molecule has 0 spiro atoms. The van der Waals surface area contributed by atoms with Crippen LogP contribution in [0.15, 0.2) is 78.4 Å². The number of halogens is 3. The van der Waals surface area contributed by atoms with Crippen LogP contribution in [0.1, 0.15) is 31.8 Å². The monoisotopic (exact) mass is 750 g/mol. The SMILES string of the molecule is [I-].[I-].[I-].[Zr+3][CH]1C(C2c3ccccc3-c3ccccc32)=Cc2ccccc21. The molecule has 26 heavy (non-hydrogen) atoms. The van der Waals surface area contributed by atoms with Gasteiger partial charge < -0.3 is 71.9 Å². The molecule has 0 saturated heterocycles. The van der Waals surface area contributed by atoms with Gasteiger partial charge in [0.15, 0.2) is 0 Å². The van der Waals surface area contributed by atoms with Crippen molar-refractivity contribution in [3.05, 3.63) is 101 Å². The third-order valence-corrected chi connectivity index (χ3v) is 6.71. The van der Waals surface area contributed by atoms with Gasteiger partial charge in [0.2, 0.25) is 0 Å². The molecule has 1 unspecified atom stereocenters. The van der Waals surface area contributed by atoms with Crippen LogP contribution in [-0.2, 0) is 24.7 Å². The summed E-state index contributed by atoms with van der Waals surface area (Å²) in [6.07, 6.45) is 2.44. The van der Waals surface area contributed by atoms with E-state index in [9.17, 15) is 0 Å². The molecule has 0 bridgehead atoms. The Balaban J connectivity index is 0.000000810. The van der Waals surface area contributed by atoms with E-state index < -0.39 is 0 Å². The molecule has 0 heterocycles. The van der Waals surface area contributed by atoms with Crippen molar-refractivity contribution in [2.24, 2.45) is 0 Å². The van der Waals surface area contributed by atoms with Crippen molar-refractivity contribution in [1.82, 2.24) is 0 Å². The van der Waals surface area contributed by atoms with E-state index in [2.05, 4.69) is 78.9 Å². The van der Waals surface area contributed by atoms with Gasteiger partial charge in [-0.25, -0.2) is 0 Å².